The average Bonchev–Trinajstić information content (AvgIpc) is 4.13. The fraction of sp³-hybridized carbons (Fsp3) is 0.792. The molecule has 4 aromatic rings. The number of nitrogens with two attached hydrogens (primary N) is 2. The van der Waals surface area contributed by atoms with Crippen LogP contribution in [-0.4, -0.2) is 76.3 Å². The van der Waals surface area contributed by atoms with Gasteiger partial charge in [-0.2, -0.15) is 19.9 Å². The Kier molecular flexibility index (Phi) is 26.9. The summed E-state index contributed by atoms with van der Waals surface area (Å²) in [4.78, 5) is 29.1. The minimum absolute atomic E-state index is 0. The monoisotopic (exact) mass is 999 g/mol. The predicted octanol–water partition coefficient (Wildman–Crippen LogP) is 12.5. The van der Waals surface area contributed by atoms with Gasteiger partial charge >= 0.3 is 0 Å². The third kappa shape index (κ3) is 16.8. The number of aromatic nitrogens is 8. The average molecular weight is 1000 g/mol. The molecular weight excluding hydrogens is 914 g/mol. The molecule has 4 fully saturated rings. The number of unbranched alkanes of at least 4 members (excludes halogenated alkanes) is 10. The Balaban J connectivity index is 0.000000330. The second-order valence-corrected chi connectivity index (χ2v) is 19.2. The second kappa shape index (κ2) is 30.8. The third-order valence-electron chi connectivity index (χ3n) is 14.1. The van der Waals surface area contributed by atoms with E-state index in [0.29, 0.717) is 36.3 Å². The summed E-state index contributed by atoms with van der Waals surface area (Å²) >= 11 is 0. The molecule has 0 aromatic carbocycles. The van der Waals surface area contributed by atoms with Gasteiger partial charge in [-0.3, -0.25) is 0 Å². The van der Waals surface area contributed by atoms with Crippen LogP contribution in [0.15, 0.2) is 12.7 Å². The topological polar surface area (TPSA) is 187 Å². The summed E-state index contributed by atoms with van der Waals surface area (Å²) in [7, 11) is 0. The van der Waals surface area contributed by atoms with Gasteiger partial charge in [-0.1, -0.05) is 104 Å². The third-order valence-corrected chi connectivity index (χ3v) is 14.1. The summed E-state index contributed by atoms with van der Waals surface area (Å²) in [6.07, 6.45) is 38.2. The number of imidazole rings is 2. The lowest BCUT2D eigenvalue weighted by atomic mass is 9.92. The van der Waals surface area contributed by atoms with Crippen LogP contribution in [0, 0.1) is 0 Å². The Labute approximate surface area is 420 Å². The quantitative estimate of drug-likeness (QED) is 0.0410. The number of anilines is 4. The number of halogens is 4. The molecule has 66 heavy (non-hydrogen) atoms. The predicted molar refractivity (Wildman–Crippen MR) is 286 cm³/mol. The van der Waals surface area contributed by atoms with Crippen LogP contribution in [0.5, 0.6) is 0 Å². The zero-order valence-electron chi connectivity index (χ0n) is 40.2. The Morgan fingerprint density at radius 2 is 0.818 bits per heavy atom. The largest absolute Gasteiger partial charge is 0.368 e. The maximum absolute atomic E-state index is 6.09. The van der Waals surface area contributed by atoms with Gasteiger partial charge < -0.3 is 41.9 Å². The van der Waals surface area contributed by atoms with Gasteiger partial charge in [0.25, 0.3) is 0 Å². The van der Waals surface area contributed by atoms with Gasteiger partial charge in [0, 0.05) is 49.3 Å². The van der Waals surface area contributed by atoms with E-state index in [1.54, 1.807) is 0 Å². The van der Waals surface area contributed by atoms with Crippen molar-refractivity contribution in [3.05, 3.63) is 12.7 Å². The van der Waals surface area contributed by atoms with Crippen LogP contribution < -0.4 is 32.7 Å². The maximum Gasteiger partial charge on any atom is 0.227 e. The number of rotatable bonds is 22. The zero-order valence-corrected chi connectivity index (χ0v) is 43.5. The van der Waals surface area contributed by atoms with Gasteiger partial charge in [0.2, 0.25) is 11.9 Å². The van der Waals surface area contributed by atoms with Crippen molar-refractivity contribution < 1.29 is 0 Å². The van der Waals surface area contributed by atoms with Crippen LogP contribution >= 0.6 is 49.6 Å². The van der Waals surface area contributed by atoms with Crippen LogP contribution in [0.2, 0.25) is 0 Å². The second-order valence-electron chi connectivity index (χ2n) is 19.2. The Hall–Kier alpha value is -2.62. The molecular formula is C48H86Cl4N14. The molecule has 14 nitrogen and oxygen atoms in total. The van der Waals surface area contributed by atoms with E-state index >= 15 is 0 Å². The molecule has 8 N–H and O–H groups in total. The SMILES string of the molecule is CCCCCCCCNc1nc(NC2CCC(N)CC2)nc2c1ncn2C1CCCC1.CCCCCCCCNc1nc(NC2CCC(N)CC2)nc2c1ncn2C1CCCC1.Cl.Cl.Cl.Cl. The Bertz CT molecular complexity index is 1760. The van der Waals surface area contributed by atoms with Crippen molar-refractivity contribution in [3.8, 4) is 0 Å². The van der Waals surface area contributed by atoms with Gasteiger partial charge in [0.15, 0.2) is 34.0 Å². The minimum atomic E-state index is 0. The first-order chi connectivity index (χ1) is 30.5. The Morgan fingerprint density at radius 3 is 1.18 bits per heavy atom. The van der Waals surface area contributed by atoms with Crippen molar-refractivity contribution in [1.82, 2.24) is 39.0 Å². The van der Waals surface area contributed by atoms with Crippen LogP contribution in [0.25, 0.3) is 22.3 Å². The molecule has 0 unspecified atom stereocenters. The van der Waals surface area contributed by atoms with Crippen molar-refractivity contribution in [2.45, 2.75) is 230 Å². The lowest BCUT2D eigenvalue weighted by molar-refractivity contribution is 0.410. The van der Waals surface area contributed by atoms with E-state index in [4.69, 9.17) is 41.4 Å². The van der Waals surface area contributed by atoms with E-state index in [2.05, 4.69) is 44.2 Å². The van der Waals surface area contributed by atoms with Crippen LogP contribution in [0.1, 0.15) is 206 Å². The summed E-state index contributed by atoms with van der Waals surface area (Å²) in [6, 6.07) is 2.55. The molecule has 0 atom stereocenters. The summed E-state index contributed by atoms with van der Waals surface area (Å²) in [5, 5.41) is 14.4. The van der Waals surface area contributed by atoms with E-state index < -0.39 is 0 Å². The molecule has 0 spiro atoms. The van der Waals surface area contributed by atoms with Crippen molar-refractivity contribution in [3.63, 3.8) is 0 Å². The Morgan fingerprint density at radius 1 is 0.470 bits per heavy atom. The molecule has 4 aromatic heterocycles. The number of hydrogen-bond acceptors (Lipinski definition) is 12. The lowest BCUT2D eigenvalue weighted by Gasteiger charge is -2.27. The molecule has 0 amide bonds. The van der Waals surface area contributed by atoms with Gasteiger partial charge in [0.05, 0.1) is 12.7 Å². The smallest absolute Gasteiger partial charge is 0.227 e. The van der Waals surface area contributed by atoms with Crippen LogP contribution in [-0.2, 0) is 0 Å². The molecule has 0 radical (unpaired) electrons. The van der Waals surface area contributed by atoms with E-state index in [0.717, 1.165) is 110 Å². The standard InChI is InChI=1S/2C24H41N7.4ClH/c2*1-2-3-4-5-6-9-16-26-22-21-23(31(17-27-21)20-10-7-8-11-20)30-24(29-22)28-19-14-12-18(25)13-15-19;;;;/h2*17-20H,2-16,25H2,1H3,(H2,26,28,29,30);4*1H. The van der Waals surface area contributed by atoms with Crippen molar-refractivity contribution in [1.29, 1.82) is 0 Å². The highest BCUT2D eigenvalue weighted by molar-refractivity contribution is 5.86. The molecule has 4 aliphatic carbocycles. The number of nitrogens with one attached hydrogen (secondary N) is 4. The van der Waals surface area contributed by atoms with E-state index in [1.807, 2.05) is 12.7 Å². The number of fused-ring (bicyclic) bond motifs is 2. The van der Waals surface area contributed by atoms with Crippen LogP contribution in [0.4, 0.5) is 23.5 Å². The number of nitrogens with zero attached hydrogens (tertiary/aromatic N) is 8. The normalized spacial score (nSPS) is 20.9. The molecule has 376 valence electrons. The van der Waals surface area contributed by atoms with E-state index in [1.165, 1.54) is 128 Å². The maximum atomic E-state index is 6.09. The summed E-state index contributed by atoms with van der Waals surface area (Å²) in [6.45, 7) is 6.40. The van der Waals surface area contributed by atoms with Crippen molar-refractivity contribution in [2.24, 2.45) is 11.5 Å². The highest BCUT2D eigenvalue weighted by atomic mass is 35.5. The molecule has 0 aliphatic heterocycles. The lowest BCUT2D eigenvalue weighted by Crippen LogP contribution is -2.33. The highest BCUT2D eigenvalue weighted by Gasteiger charge is 2.26. The molecule has 4 saturated carbocycles. The van der Waals surface area contributed by atoms with Gasteiger partial charge in [-0.25, -0.2) is 9.97 Å². The molecule has 4 aliphatic rings. The molecule has 8 rings (SSSR count). The van der Waals surface area contributed by atoms with Crippen LogP contribution in [0.3, 0.4) is 0 Å². The van der Waals surface area contributed by atoms with Crippen molar-refractivity contribution in [2.75, 3.05) is 34.4 Å². The summed E-state index contributed by atoms with van der Waals surface area (Å²) < 4.78 is 4.59. The van der Waals surface area contributed by atoms with E-state index in [-0.39, 0.29) is 49.6 Å². The number of hydrogen-bond donors (Lipinski definition) is 6. The molecule has 0 saturated heterocycles. The van der Waals surface area contributed by atoms with Crippen molar-refractivity contribution >= 4 is 95.5 Å². The summed E-state index contributed by atoms with van der Waals surface area (Å²) in [5.74, 6) is 3.23. The minimum Gasteiger partial charge on any atom is -0.368 e. The van der Waals surface area contributed by atoms with Gasteiger partial charge in [-0.15, -0.1) is 49.6 Å². The first-order valence-electron chi connectivity index (χ1n) is 25.5. The highest BCUT2D eigenvalue weighted by Crippen LogP contribution is 2.35. The van der Waals surface area contributed by atoms with Gasteiger partial charge in [-0.05, 0) is 89.9 Å². The zero-order chi connectivity index (χ0) is 42.9. The molecule has 0 bridgehead atoms. The fourth-order valence-corrected chi connectivity index (χ4v) is 10.2. The first-order valence-corrected chi connectivity index (χ1v) is 25.5. The summed E-state index contributed by atoms with van der Waals surface area (Å²) in [5.41, 5.74) is 16.0. The molecule has 18 heteroatoms. The van der Waals surface area contributed by atoms with Gasteiger partial charge in [0.1, 0.15) is 0 Å². The molecule has 4 heterocycles. The van der Waals surface area contributed by atoms with E-state index in [9.17, 15) is 0 Å². The first kappa shape index (κ1) is 57.7. The fourth-order valence-electron chi connectivity index (χ4n) is 10.2.